The first-order chi connectivity index (χ1) is 14.1. The van der Waals surface area contributed by atoms with Gasteiger partial charge in [-0.05, 0) is 61.9 Å². The lowest BCUT2D eigenvalue weighted by atomic mass is 10.1. The first-order valence-corrected chi connectivity index (χ1v) is 8.98. The molecule has 1 aromatic heterocycles. The molecule has 0 aliphatic heterocycles. The molecule has 0 atom stereocenters. The monoisotopic (exact) mass is 416 g/mol. The molecule has 0 saturated carbocycles. The Hall–Kier alpha value is -3.62. The van der Waals surface area contributed by atoms with Crippen LogP contribution in [0, 0.1) is 13.8 Å². The summed E-state index contributed by atoms with van der Waals surface area (Å²) in [6.07, 6.45) is -3.06. The number of nitrogens with one attached hydrogen (secondary N) is 2. The third kappa shape index (κ3) is 4.51. The molecule has 9 heteroatoms. The number of rotatable bonds is 4. The van der Waals surface area contributed by atoms with E-state index in [2.05, 4.69) is 15.7 Å². The van der Waals surface area contributed by atoms with Crippen molar-refractivity contribution in [3.63, 3.8) is 0 Å². The minimum Gasteiger partial charge on any atom is -0.326 e. The zero-order chi connectivity index (χ0) is 22.1. The predicted molar refractivity (Wildman–Crippen MR) is 107 cm³/mol. The molecule has 0 radical (unpaired) electrons. The van der Waals surface area contributed by atoms with Gasteiger partial charge in [-0.15, -0.1) is 0 Å². The van der Waals surface area contributed by atoms with Gasteiger partial charge in [0.05, 0.1) is 28.7 Å². The van der Waals surface area contributed by atoms with Crippen molar-refractivity contribution < 1.29 is 22.8 Å². The fourth-order valence-corrected chi connectivity index (χ4v) is 2.95. The van der Waals surface area contributed by atoms with E-state index >= 15 is 0 Å². The van der Waals surface area contributed by atoms with E-state index in [0.29, 0.717) is 28.3 Å². The van der Waals surface area contributed by atoms with Crippen LogP contribution in [0.25, 0.3) is 5.69 Å². The molecule has 0 saturated heterocycles. The summed E-state index contributed by atoms with van der Waals surface area (Å²) in [5.41, 5.74) is 2.39. The van der Waals surface area contributed by atoms with Gasteiger partial charge in [-0.25, -0.2) is 4.68 Å². The topological polar surface area (TPSA) is 76.0 Å². The zero-order valence-corrected chi connectivity index (χ0v) is 16.5. The van der Waals surface area contributed by atoms with Crippen molar-refractivity contribution in [3.8, 4) is 5.69 Å². The molecule has 30 heavy (non-hydrogen) atoms. The van der Waals surface area contributed by atoms with Gasteiger partial charge in [-0.3, -0.25) is 9.59 Å². The van der Waals surface area contributed by atoms with Gasteiger partial charge in [0.15, 0.2) is 0 Å². The molecule has 0 aliphatic carbocycles. The molecule has 3 aromatic rings. The number of amides is 2. The number of aryl methyl sites for hydroxylation is 1. The van der Waals surface area contributed by atoms with Crippen molar-refractivity contribution in [2.75, 3.05) is 10.6 Å². The molecule has 156 valence electrons. The third-order valence-corrected chi connectivity index (χ3v) is 4.49. The minimum absolute atomic E-state index is 0.193. The molecule has 0 unspecified atom stereocenters. The summed E-state index contributed by atoms with van der Waals surface area (Å²) in [6.45, 7) is 4.87. The Morgan fingerprint density at radius 1 is 1.00 bits per heavy atom. The van der Waals surface area contributed by atoms with Crippen molar-refractivity contribution in [2.24, 2.45) is 0 Å². The second kappa shape index (κ2) is 8.02. The molecule has 2 amide bonds. The molecule has 6 nitrogen and oxygen atoms in total. The lowest BCUT2D eigenvalue weighted by molar-refractivity contribution is -0.137. The number of nitrogens with zero attached hydrogens (tertiary/aromatic N) is 2. The SMILES string of the molecule is CC(=O)Nc1ccc(NC(=O)c2cnn(-c3ccc(C(F)(F)F)cc3)c2C)cc1C. The van der Waals surface area contributed by atoms with Gasteiger partial charge >= 0.3 is 6.18 Å². The molecule has 2 N–H and O–H groups in total. The van der Waals surface area contributed by atoms with Crippen molar-refractivity contribution in [3.05, 3.63) is 71.0 Å². The summed E-state index contributed by atoms with van der Waals surface area (Å²) in [5, 5.41) is 9.59. The largest absolute Gasteiger partial charge is 0.416 e. The van der Waals surface area contributed by atoms with Crippen LogP contribution in [-0.4, -0.2) is 21.6 Å². The second-order valence-corrected chi connectivity index (χ2v) is 6.77. The normalized spacial score (nSPS) is 11.3. The van der Waals surface area contributed by atoms with Gasteiger partial charge in [0.1, 0.15) is 0 Å². The molecule has 0 spiro atoms. The summed E-state index contributed by atoms with van der Waals surface area (Å²) in [4.78, 5) is 23.8. The van der Waals surface area contributed by atoms with Crippen LogP contribution in [0.4, 0.5) is 24.5 Å². The van der Waals surface area contributed by atoms with E-state index in [4.69, 9.17) is 0 Å². The van der Waals surface area contributed by atoms with E-state index in [9.17, 15) is 22.8 Å². The van der Waals surface area contributed by atoms with E-state index in [-0.39, 0.29) is 5.91 Å². The van der Waals surface area contributed by atoms with E-state index in [1.54, 1.807) is 32.0 Å². The summed E-state index contributed by atoms with van der Waals surface area (Å²) in [5.74, 6) is -0.599. The first-order valence-electron chi connectivity index (χ1n) is 8.98. The van der Waals surface area contributed by atoms with Crippen LogP contribution < -0.4 is 10.6 Å². The minimum atomic E-state index is -4.42. The summed E-state index contributed by atoms with van der Waals surface area (Å²) in [6, 6.07) is 9.60. The molecule has 2 aromatic carbocycles. The standard InChI is InChI=1S/C21H19F3N4O2/c1-12-10-16(6-9-19(12)26-14(3)29)27-20(30)18-11-25-28(13(18)2)17-7-4-15(5-8-17)21(22,23)24/h4-11H,1-3H3,(H,26,29)(H,27,30). The molecule has 0 bridgehead atoms. The van der Waals surface area contributed by atoms with Gasteiger partial charge in [0.2, 0.25) is 5.91 Å². The number of halogens is 3. The Morgan fingerprint density at radius 2 is 1.67 bits per heavy atom. The Kier molecular flexibility index (Phi) is 5.64. The molecule has 1 heterocycles. The number of benzene rings is 2. The highest BCUT2D eigenvalue weighted by Crippen LogP contribution is 2.30. The highest BCUT2D eigenvalue weighted by atomic mass is 19.4. The second-order valence-electron chi connectivity index (χ2n) is 6.77. The molecule has 0 aliphatic rings. The average molecular weight is 416 g/mol. The number of carbonyl (C=O) groups excluding carboxylic acids is 2. The highest BCUT2D eigenvalue weighted by Gasteiger charge is 2.30. The maximum atomic E-state index is 12.7. The van der Waals surface area contributed by atoms with Crippen LogP contribution in [0.5, 0.6) is 0 Å². The van der Waals surface area contributed by atoms with E-state index < -0.39 is 17.6 Å². The lowest BCUT2D eigenvalue weighted by Crippen LogP contribution is -2.14. The Bertz CT molecular complexity index is 1100. The van der Waals surface area contributed by atoms with Crippen LogP contribution in [0.3, 0.4) is 0 Å². The highest BCUT2D eigenvalue weighted by molar-refractivity contribution is 6.05. The number of hydrogen-bond donors (Lipinski definition) is 2. The lowest BCUT2D eigenvalue weighted by Gasteiger charge is -2.11. The first kappa shape index (κ1) is 21.1. The van der Waals surface area contributed by atoms with Crippen molar-refractivity contribution in [2.45, 2.75) is 26.9 Å². The molecule has 3 rings (SSSR count). The predicted octanol–water partition coefficient (Wildman–Crippen LogP) is 4.72. The van der Waals surface area contributed by atoms with Gasteiger partial charge in [0.25, 0.3) is 5.91 Å². The van der Waals surface area contributed by atoms with Crippen LogP contribution in [0.1, 0.15) is 34.1 Å². The number of hydrogen-bond acceptors (Lipinski definition) is 3. The van der Waals surface area contributed by atoms with Gasteiger partial charge in [-0.2, -0.15) is 18.3 Å². The van der Waals surface area contributed by atoms with Gasteiger partial charge in [-0.1, -0.05) is 0 Å². The maximum Gasteiger partial charge on any atom is 0.416 e. The smallest absolute Gasteiger partial charge is 0.326 e. The molecule has 0 fully saturated rings. The summed E-state index contributed by atoms with van der Waals surface area (Å²) >= 11 is 0. The van der Waals surface area contributed by atoms with Crippen molar-refractivity contribution >= 4 is 23.2 Å². The van der Waals surface area contributed by atoms with Crippen LogP contribution in [0.2, 0.25) is 0 Å². The van der Waals surface area contributed by atoms with Crippen LogP contribution in [0.15, 0.2) is 48.7 Å². The van der Waals surface area contributed by atoms with Gasteiger partial charge < -0.3 is 10.6 Å². The van der Waals surface area contributed by atoms with Crippen molar-refractivity contribution in [1.82, 2.24) is 9.78 Å². The van der Waals surface area contributed by atoms with E-state index in [1.807, 2.05) is 0 Å². The van der Waals surface area contributed by atoms with E-state index in [0.717, 1.165) is 17.7 Å². The average Bonchev–Trinajstić information content (AvgIpc) is 3.04. The maximum absolute atomic E-state index is 12.7. The zero-order valence-electron chi connectivity index (χ0n) is 16.5. The number of alkyl halides is 3. The Labute approximate surface area is 170 Å². The van der Waals surface area contributed by atoms with Gasteiger partial charge in [0, 0.05) is 18.3 Å². The van der Waals surface area contributed by atoms with Crippen LogP contribution in [-0.2, 0) is 11.0 Å². The van der Waals surface area contributed by atoms with Crippen LogP contribution >= 0.6 is 0 Å². The molecular formula is C21H19F3N4O2. The number of anilines is 2. The fraction of sp³-hybridized carbons (Fsp3) is 0.190. The summed E-state index contributed by atoms with van der Waals surface area (Å²) in [7, 11) is 0. The van der Waals surface area contributed by atoms with Crippen molar-refractivity contribution in [1.29, 1.82) is 0 Å². The quantitative estimate of drug-likeness (QED) is 0.646. The number of carbonyl (C=O) groups is 2. The summed E-state index contributed by atoms with van der Waals surface area (Å²) < 4.78 is 39.6. The van der Waals surface area contributed by atoms with E-state index in [1.165, 1.54) is 29.9 Å². The third-order valence-electron chi connectivity index (χ3n) is 4.49. The Balaban J connectivity index is 1.79. The number of aromatic nitrogens is 2. The molecular weight excluding hydrogens is 397 g/mol. The Morgan fingerprint density at radius 3 is 2.23 bits per heavy atom. The fourth-order valence-electron chi connectivity index (χ4n) is 2.95.